The number of anilines is 1. The Morgan fingerprint density at radius 2 is 1.89 bits per heavy atom. The number of nitrogens with zero attached hydrogens (tertiary/aromatic N) is 2. The molecule has 27 heavy (non-hydrogen) atoms. The van der Waals surface area contributed by atoms with Crippen LogP contribution in [0.15, 0.2) is 41.8 Å². The lowest BCUT2D eigenvalue weighted by atomic mass is 9.98. The van der Waals surface area contributed by atoms with Gasteiger partial charge in [-0.3, -0.25) is 4.90 Å². The zero-order valence-electron chi connectivity index (χ0n) is 15.8. The first-order chi connectivity index (χ1) is 12.9. The molecule has 6 heteroatoms. The summed E-state index contributed by atoms with van der Waals surface area (Å²) in [5.41, 5.74) is 0.490. The van der Waals surface area contributed by atoms with Crippen molar-refractivity contribution in [2.75, 3.05) is 19.0 Å². The topological polar surface area (TPSA) is 29.5 Å². The maximum atomic E-state index is 14.1. The van der Waals surface area contributed by atoms with Crippen LogP contribution in [0.4, 0.5) is 14.2 Å². The van der Waals surface area contributed by atoms with E-state index in [0.29, 0.717) is 17.6 Å². The van der Waals surface area contributed by atoms with E-state index in [4.69, 9.17) is 4.74 Å². The van der Waals surface area contributed by atoms with Crippen molar-refractivity contribution < 1.29 is 18.4 Å². The summed E-state index contributed by atoms with van der Waals surface area (Å²) < 4.78 is 21.1. The molecule has 1 amide bonds. The number of carbonyl (C=O) groups excluding carboxylic acids is 1. The van der Waals surface area contributed by atoms with Gasteiger partial charge >= 0.3 is 6.09 Å². The quantitative estimate of drug-likeness (QED) is 0.703. The van der Waals surface area contributed by atoms with E-state index in [9.17, 15) is 9.18 Å². The van der Waals surface area contributed by atoms with Gasteiger partial charge in [-0.25, -0.2) is 9.18 Å². The highest BCUT2D eigenvalue weighted by molar-refractivity contribution is 7.14. The average Bonchev–Trinajstić information content (AvgIpc) is 3.17. The number of thiophene rings is 1. The molecule has 2 aliphatic rings. The zero-order chi connectivity index (χ0) is 19.0. The van der Waals surface area contributed by atoms with Crippen molar-refractivity contribution in [3.63, 3.8) is 0 Å². The molecule has 0 aliphatic carbocycles. The second-order valence-corrected chi connectivity index (χ2v) is 9.05. The van der Waals surface area contributed by atoms with Crippen molar-refractivity contribution in [3.05, 3.63) is 53.2 Å². The Morgan fingerprint density at radius 1 is 1.19 bits per heavy atom. The number of piperidine rings is 1. The van der Waals surface area contributed by atoms with Crippen molar-refractivity contribution in [2.45, 2.75) is 50.4 Å². The van der Waals surface area contributed by atoms with Crippen LogP contribution < -0.4 is 4.90 Å². The summed E-state index contributed by atoms with van der Waals surface area (Å²) in [6.45, 7) is 0.174. The molecule has 2 aromatic rings. The van der Waals surface area contributed by atoms with Gasteiger partial charge in [0.2, 0.25) is 0 Å². The van der Waals surface area contributed by atoms with Gasteiger partial charge in [0.05, 0.1) is 32.7 Å². The van der Waals surface area contributed by atoms with Crippen molar-refractivity contribution >= 4 is 22.4 Å². The Morgan fingerprint density at radius 3 is 2.52 bits per heavy atom. The van der Waals surface area contributed by atoms with Crippen molar-refractivity contribution in [1.29, 1.82) is 0 Å². The molecule has 1 aromatic heterocycles. The largest absolute Gasteiger partial charge is 0.445 e. The van der Waals surface area contributed by atoms with Crippen LogP contribution in [-0.4, -0.2) is 42.9 Å². The molecule has 3 heterocycles. The summed E-state index contributed by atoms with van der Waals surface area (Å²) in [6.07, 6.45) is 3.80. The molecule has 2 bridgehead atoms. The van der Waals surface area contributed by atoms with Gasteiger partial charge < -0.3 is 9.22 Å². The molecule has 2 atom stereocenters. The number of benzene rings is 1. The summed E-state index contributed by atoms with van der Waals surface area (Å²) in [5.74, 6) is -0.304. The van der Waals surface area contributed by atoms with Crippen LogP contribution in [0.2, 0.25) is 0 Å². The second-order valence-electron chi connectivity index (χ2n) is 8.12. The number of quaternary nitrogens is 1. The highest BCUT2D eigenvalue weighted by Gasteiger charge is 2.50. The third-order valence-corrected chi connectivity index (χ3v) is 7.22. The molecule has 1 aromatic carbocycles. The van der Waals surface area contributed by atoms with Gasteiger partial charge in [0, 0.05) is 31.2 Å². The highest BCUT2D eigenvalue weighted by atomic mass is 32.1. The van der Waals surface area contributed by atoms with Crippen molar-refractivity contribution in [3.8, 4) is 0 Å². The molecule has 144 valence electrons. The van der Waals surface area contributed by atoms with Gasteiger partial charge in [0.1, 0.15) is 16.9 Å². The molecule has 2 saturated heterocycles. The lowest BCUT2D eigenvalue weighted by Gasteiger charge is -2.44. The number of fused-ring (bicyclic) bond motifs is 2. The molecule has 4 nitrogen and oxygen atoms in total. The molecule has 0 radical (unpaired) electrons. The SMILES string of the molecule is C[N+]1(C)C2CCC1CC(OC(=O)N(Cc1ccccc1F)c1cccs1)C2. The van der Waals surface area contributed by atoms with Gasteiger partial charge in [-0.2, -0.15) is 0 Å². The lowest BCUT2D eigenvalue weighted by Crippen LogP contribution is -2.56. The van der Waals surface area contributed by atoms with E-state index >= 15 is 0 Å². The normalized spacial score (nSPS) is 26.0. The van der Waals surface area contributed by atoms with Crippen LogP contribution in [0, 0.1) is 5.82 Å². The van der Waals surface area contributed by atoms with Gasteiger partial charge in [0.15, 0.2) is 0 Å². The summed E-state index contributed by atoms with van der Waals surface area (Å²) >= 11 is 1.46. The number of hydrogen-bond donors (Lipinski definition) is 0. The van der Waals surface area contributed by atoms with E-state index in [-0.39, 0.29) is 24.6 Å². The summed E-state index contributed by atoms with van der Waals surface area (Å²) in [6, 6.07) is 11.5. The van der Waals surface area contributed by atoms with Gasteiger partial charge in [0.25, 0.3) is 0 Å². The van der Waals surface area contributed by atoms with Crippen molar-refractivity contribution in [1.82, 2.24) is 0 Å². The molecule has 2 fully saturated rings. The van der Waals surface area contributed by atoms with Crippen LogP contribution in [-0.2, 0) is 11.3 Å². The average molecular weight is 390 g/mol. The predicted molar refractivity (Wildman–Crippen MR) is 105 cm³/mol. The van der Waals surface area contributed by atoms with E-state index in [1.807, 2.05) is 17.5 Å². The third kappa shape index (κ3) is 3.60. The van der Waals surface area contributed by atoms with Gasteiger partial charge in [-0.05, 0) is 23.6 Å². The third-order valence-electron chi connectivity index (χ3n) is 6.33. The molecule has 4 rings (SSSR count). The fraction of sp³-hybridized carbons (Fsp3) is 0.476. The Hall–Kier alpha value is -1.92. The highest BCUT2D eigenvalue weighted by Crippen LogP contribution is 2.40. The monoisotopic (exact) mass is 389 g/mol. The molecule has 2 aliphatic heterocycles. The summed E-state index contributed by atoms with van der Waals surface area (Å²) in [4.78, 5) is 14.6. The van der Waals surface area contributed by atoms with Crippen LogP contribution in [0.1, 0.15) is 31.2 Å². The lowest BCUT2D eigenvalue weighted by molar-refractivity contribution is -0.931. The molecular formula is C21H26FN2O2S+. The Bertz CT molecular complexity index is 792. The number of carbonyl (C=O) groups is 1. The van der Waals surface area contributed by atoms with E-state index in [0.717, 1.165) is 22.3 Å². The molecule has 0 N–H and O–H groups in total. The van der Waals surface area contributed by atoms with E-state index in [1.54, 1.807) is 23.1 Å². The van der Waals surface area contributed by atoms with E-state index in [2.05, 4.69) is 14.1 Å². The summed E-state index contributed by atoms with van der Waals surface area (Å²) in [5, 5.41) is 2.69. The first-order valence-electron chi connectivity index (χ1n) is 9.53. The number of rotatable bonds is 4. The van der Waals surface area contributed by atoms with Gasteiger partial charge in [-0.1, -0.05) is 18.2 Å². The number of hydrogen-bond acceptors (Lipinski definition) is 3. The van der Waals surface area contributed by atoms with Gasteiger partial charge in [-0.15, -0.1) is 11.3 Å². The minimum absolute atomic E-state index is 0.0516. The molecule has 2 unspecified atom stereocenters. The Labute approximate surface area is 163 Å². The maximum absolute atomic E-state index is 14.1. The minimum Gasteiger partial charge on any atom is -0.445 e. The minimum atomic E-state index is -0.377. The maximum Gasteiger partial charge on any atom is 0.415 e. The molecule has 0 saturated carbocycles. The van der Waals surface area contributed by atoms with E-state index < -0.39 is 0 Å². The van der Waals surface area contributed by atoms with Crippen LogP contribution in [0.3, 0.4) is 0 Å². The summed E-state index contributed by atoms with van der Waals surface area (Å²) in [7, 11) is 4.58. The Balaban J connectivity index is 1.49. The van der Waals surface area contributed by atoms with Crippen LogP contribution in [0.25, 0.3) is 0 Å². The van der Waals surface area contributed by atoms with Crippen LogP contribution in [0.5, 0.6) is 0 Å². The smallest absolute Gasteiger partial charge is 0.415 e. The predicted octanol–water partition coefficient (Wildman–Crippen LogP) is 4.80. The number of halogens is 1. The van der Waals surface area contributed by atoms with Crippen molar-refractivity contribution in [2.24, 2.45) is 0 Å². The van der Waals surface area contributed by atoms with E-state index in [1.165, 1.54) is 30.2 Å². The Kier molecular flexibility index (Phi) is 4.95. The molecule has 0 spiro atoms. The fourth-order valence-electron chi connectivity index (χ4n) is 4.59. The first kappa shape index (κ1) is 18.4. The number of ether oxygens (including phenoxy) is 1. The fourth-order valence-corrected chi connectivity index (χ4v) is 5.31. The first-order valence-corrected chi connectivity index (χ1v) is 10.4. The second kappa shape index (κ2) is 7.24. The molecular weight excluding hydrogens is 363 g/mol. The standard InChI is InChI=1S/C21H26FN2O2S/c1-24(2)16-9-10-17(24)13-18(12-16)26-21(25)23(20-8-5-11-27-20)14-15-6-3-4-7-19(15)22/h3-8,11,16-18H,9-10,12-14H2,1-2H3/q+1. The number of amides is 1. The van der Waals surface area contributed by atoms with Crippen LogP contribution >= 0.6 is 11.3 Å². The zero-order valence-corrected chi connectivity index (χ0v) is 16.6.